The van der Waals surface area contributed by atoms with Crippen molar-refractivity contribution in [1.29, 1.82) is 0 Å². The van der Waals surface area contributed by atoms with Crippen LogP contribution >= 0.6 is 0 Å². The molecule has 2 aliphatic rings. The van der Waals surface area contributed by atoms with Gasteiger partial charge in [-0.3, -0.25) is 0 Å². The van der Waals surface area contributed by atoms with Gasteiger partial charge in [0.2, 0.25) is 0 Å². The molecule has 0 saturated heterocycles. The predicted octanol–water partition coefficient (Wildman–Crippen LogP) is 2.43. The third kappa shape index (κ3) is 0.637. The molecule has 10 heavy (non-hydrogen) atoms. The fourth-order valence-electron chi connectivity index (χ4n) is 1.23. The zero-order chi connectivity index (χ0) is 6.97. The highest BCUT2D eigenvalue weighted by molar-refractivity contribution is 5.69. The van der Waals surface area contributed by atoms with Gasteiger partial charge < -0.3 is 4.98 Å². The van der Waals surface area contributed by atoms with Crippen LogP contribution in [0, 0.1) is 6.92 Å². The van der Waals surface area contributed by atoms with Crippen LogP contribution in [-0.2, 0) is 0 Å². The van der Waals surface area contributed by atoms with Gasteiger partial charge in [-0.15, -0.1) is 0 Å². The number of hydrogen-bond acceptors (Lipinski definition) is 0. The van der Waals surface area contributed by atoms with Crippen LogP contribution in [0.5, 0.6) is 0 Å². The molecular weight excluding hydrogens is 122 g/mol. The molecular formula is C9H9N. The molecule has 1 nitrogen and oxygen atoms in total. The molecule has 0 bridgehead atoms. The van der Waals surface area contributed by atoms with E-state index in [1.807, 2.05) is 12.4 Å². The molecule has 0 amide bonds. The Morgan fingerprint density at radius 1 is 1.20 bits per heavy atom. The minimum absolute atomic E-state index is 1.32. The van der Waals surface area contributed by atoms with Crippen LogP contribution in [0.4, 0.5) is 0 Å². The maximum absolute atomic E-state index is 3.06. The molecule has 0 aromatic carbocycles. The van der Waals surface area contributed by atoms with Gasteiger partial charge in [-0.05, 0) is 24.1 Å². The van der Waals surface area contributed by atoms with Crippen molar-refractivity contribution in [2.45, 2.75) is 6.92 Å². The molecule has 50 valence electrons. The quantitative estimate of drug-likeness (QED) is 0.565. The van der Waals surface area contributed by atoms with Gasteiger partial charge in [0.15, 0.2) is 0 Å². The van der Waals surface area contributed by atoms with Gasteiger partial charge in [0.05, 0.1) is 0 Å². The predicted molar refractivity (Wildman–Crippen MR) is 42.2 cm³/mol. The fourth-order valence-corrected chi connectivity index (χ4v) is 1.23. The molecule has 1 aliphatic carbocycles. The number of nitrogens with one attached hydrogen (secondary N) is 1. The molecule has 0 aromatic rings. The summed E-state index contributed by atoms with van der Waals surface area (Å²) in [7, 11) is 0. The van der Waals surface area contributed by atoms with E-state index in [0.29, 0.717) is 0 Å². The topological polar surface area (TPSA) is 15.8 Å². The molecule has 0 atom stereocenters. The first-order chi connectivity index (χ1) is 4.88. The first-order valence-electron chi connectivity index (χ1n) is 3.40. The van der Waals surface area contributed by atoms with E-state index in [4.69, 9.17) is 0 Å². The van der Waals surface area contributed by atoms with E-state index in [1.54, 1.807) is 0 Å². The Balaban J connectivity index is 2.78. The summed E-state index contributed by atoms with van der Waals surface area (Å²) in [5.74, 6) is 0. The van der Waals surface area contributed by atoms with E-state index in [0.717, 1.165) is 0 Å². The average Bonchev–Trinajstić information content (AvgIpc) is 2.34. The van der Waals surface area contributed by atoms with Crippen LogP contribution < -0.4 is 0 Å². The van der Waals surface area contributed by atoms with Gasteiger partial charge in [-0.2, -0.15) is 0 Å². The number of H-pyrrole nitrogens is 1. The van der Waals surface area contributed by atoms with E-state index in [-0.39, 0.29) is 0 Å². The smallest absolute Gasteiger partial charge is 0.00863 e. The second-order valence-corrected chi connectivity index (χ2v) is 2.53. The highest BCUT2D eigenvalue weighted by Gasteiger charge is 2.02. The zero-order valence-electron chi connectivity index (χ0n) is 5.89. The molecule has 0 saturated carbocycles. The Hall–Kier alpha value is -1.24. The fraction of sp³-hybridized carbons (Fsp3) is 0.111. The number of pyridine rings is 1. The lowest BCUT2D eigenvalue weighted by Gasteiger charge is -1.96. The average molecular weight is 131 g/mol. The molecule has 0 unspecified atom stereocenters. The van der Waals surface area contributed by atoms with Gasteiger partial charge in [0.1, 0.15) is 0 Å². The SMILES string of the molecule is Cc1ccc2cc[nH]cc1-2. The van der Waals surface area contributed by atoms with Crippen LogP contribution in [0.25, 0.3) is 11.1 Å². The van der Waals surface area contributed by atoms with Gasteiger partial charge in [0.25, 0.3) is 0 Å². The molecule has 1 aliphatic heterocycles. The van der Waals surface area contributed by atoms with E-state index in [1.165, 1.54) is 16.7 Å². The summed E-state index contributed by atoms with van der Waals surface area (Å²) in [5, 5.41) is 0. The molecule has 1 N–H and O–H groups in total. The van der Waals surface area contributed by atoms with Crippen LogP contribution in [0.2, 0.25) is 0 Å². The maximum Gasteiger partial charge on any atom is 0.00863 e. The number of hydrogen-bond donors (Lipinski definition) is 1. The lowest BCUT2D eigenvalue weighted by molar-refractivity contribution is 1.32. The van der Waals surface area contributed by atoms with Crippen molar-refractivity contribution in [2.75, 3.05) is 0 Å². The summed E-state index contributed by atoms with van der Waals surface area (Å²) in [6.45, 7) is 2.12. The zero-order valence-corrected chi connectivity index (χ0v) is 5.89. The van der Waals surface area contributed by atoms with Crippen molar-refractivity contribution in [3.8, 4) is 11.1 Å². The summed E-state index contributed by atoms with van der Waals surface area (Å²) in [6, 6.07) is 6.36. The van der Waals surface area contributed by atoms with Crippen LogP contribution in [0.1, 0.15) is 5.56 Å². The van der Waals surface area contributed by atoms with Crippen molar-refractivity contribution >= 4 is 0 Å². The Morgan fingerprint density at radius 2 is 2.10 bits per heavy atom. The molecule has 0 fully saturated rings. The Bertz CT molecular complexity index is 309. The van der Waals surface area contributed by atoms with E-state index >= 15 is 0 Å². The molecule has 2 rings (SSSR count). The van der Waals surface area contributed by atoms with E-state index in [9.17, 15) is 0 Å². The third-order valence-corrected chi connectivity index (χ3v) is 1.84. The summed E-state index contributed by atoms with van der Waals surface area (Å²) < 4.78 is 0. The van der Waals surface area contributed by atoms with Gasteiger partial charge in [-0.25, -0.2) is 0 Å². The Labute approximate surface area is 60.0 Å². The van der Waals surface area contributed by atoms with Crippen molar-refractivity contribution in [3.05, 3.63) is 36.2 Å². The lowest BCUT2D eigenvalue weighted by atomic mass is 10.1. The molecule has 1 heteroatoms. The lowest BCUT2D eigenvalue weighted by Crippen LogP contribution is -1.76. The molecule has 0 spiro atoms. The number of rotatable bonds is 0. The van der Waals surface area contributed by atoms with Crippen molar-refractivity contribution in [1.82, 2.24) is 4.98 Å². The van der Waals surface area contributed by atoms with Gasteiger partial charge in [0, 0.05) is 18.0 Å². The Kier molecular flexibility index (Phi) is 1.04. The van der Waals surface area contributed by atoms with E-state index in [2.05, 4.69) is 30.1 Å². The number of aryl methyl sites for hydroxylation is 1. The maximum atomic E-state index is 3.06. The highest BCUT2D eigenvalue weighted by Crippen LogP contribution is 2.24. The summed E-state index contributed by atoms with van der Waals surface area (Å²) in [6.07, 6.45) is 3.98. The van der Waals surface area contributed by atoms with E-state index < -0.39 is 0 Å². The van der Waals surface area contributed by atoms with Crippen LogP contribution in [0.3, 0.4) is 0 Å². The number of aromatic amines is 1. The summed E-state index contributed by atoms with van der Waals surface area (Å²) in [5.41, 5.74) is 3.98. The van der Waals surface area contributed by atoms with Gasteiger partial charge >= 0.3 is 0 Å². The second-order valence-electron chi connectivity index (χ2n) is 2.53. The first-order valence-corrected chi connectivity index (χ1v) is 3.40. The largest absolute Gasteiger partial charge is 0.367 e. The van der Waals surface area contributed by atoms with Gasteiger partial charge in [-0.1, -0.05) is 12.1 Å². The van der Waals surface area contributed by atoms with Crippen molar-refractivity contribution in [2.24, 2.45) is 0 Å². The second kappa shape index (κ2) is 1.87. The first kappa shape index (κ1) is 5.54. The van der Waals surface area contributed by atoms with Crippen molar-refractivity contribution < 1.29 is 0 Å². The monoisotopic (exact) mass is 131 g/mol. The molecule has 0 aromatic heterocycles. The minimum atomic E-state index is 1.32. The number of aromatic nitrogens is 1. The van der Waals surface area contributed by atoms with Crippen LogP contribution in [-0.4, -0.2) is 4.98 Å². The van der Waals surface area contributed by atoms with Crippen molar-refractivity contribution in [3.63, 3.8) is 0 Å². The molecule has 0 radical (unpaired) electrons. The molecule has 1 heterocycles. The minimum Gasteiger partial charge on any atom is -0.367 e. The highest BCUT2D eigenvalue weighted by atomic mass is 14.6. The Morgan fingerprint density at radius 3 is 2.90 bits per heavy atom. The number of fused-ring (bicyclic) bond motifs is 1. The third-order valence-electron chi connectivity index (χ3n) is 1.84. The summed E-state index contributed by atoms with van der Waals surface area (Å²) >= 11 is 0. The van der Waals surface area contributed by atoms with Crippen LogP contribution in [0.15, 0.2) is 30.6 Å². The normalized spacial score (nSPS) is 10.5. The summed E-state index contributed by atoms with van der Waals surface area (Å²) in [4.78, 5) is 3.06. The standard InChI is InChI=1S/C9H9N/c1-7-2-3-8-4-5-10-6-9(7)8/h2-6,10H,1H3.